The highest BCUT2D eigenvalue weighted by Crippen LogP contribution is 2.30. The molecule has 0 aliphatic heterocycles. The van der Waals surface area contributed by atoms with Crippen molar-refractivity contribution in [2.24, 2.45) is 11.8 Å². The van der Waals surface area contributed by atoms with Gasteiger partial charge in [-0.3, -0.25) is 0 Å². The van der Waals surface area contributed by atoms with Crippen molar-refractivity contribution in [2.45, 2.75) is 32.2 Å². The minimum Gasteiger partial charge on any atom is -0.479 e. The van der Waals surface area contributed by atoms with Gasteiger partial charge in [0.2, 0.25) is 0 Å². The van der Waals surface area contributed by atoms with Gasteiger partial charge in [-0.05, 0) is 23.8 Å². The quantitative estimate of drug-likeness (QED) is 0.779. The minimum atomic E-state index is -1.06. The van der Waals surface area contributed by atoms with Gasteiger partial charge in [-0.15, -0.1) is 0 Å². The molecule has 1 aliphatic rings. The van der Waals surface area contributed by atoms with Crippen LogP contribution in [0.4, 0.5) is 4.79 Å². The third-order valence-corrected chi connectivity index (χ3v) is 4.22. The van der Waals surface area contributed by atoms with Gasteiger partial charge in [-0.2, -0.15) is 0 Å². The lowest BCUT2D eigenvalue weighted by atomic mass is 9.98. The lowest BCUT2D eigenvalue weighted by Gasteiger charge is -2.19. The number of carbonyl (C=O) groups excluding carboxylic acids is 1. The van der Waals surface area contributed by atoms with Crippen molar-refractivity contribution < 1.29 is 14.7 Å². The van der Waals surface area contributed by atoms with Crippen LogP contribution >= 0.6 is 0 Å². The topological polar surface area (TPSA) is 78.4 Å². The molecule has 3 unspecified atom stereocenters. The first-order valence-corrected chi connectivity index (χ1v) is 7.40. The van der Waals surface area contributed by atoms with E-state index in [-0.39, 0.29) is 0 Å². The van der Waals surface area contributed by atoms with E-state index in [4.69, 9.17) is 0 Å². The van der Waals surface area contributed by atoms with Crippen molar-refractivity contribution in [2.75, 3.05) is 6.54 Å². The Bertz CT molecular complexity index is 490. The van der Waals surface area contributed by atoms with Crippen molar-refractivity contribution in [3.05, 3.63) is 35.9 Å². The standard InChI is InChI=1S/C16H22N2O3/c1-11-6-5-9-13(11)10-17-16(21)18-14(15(19)20)12-7-3-2-4-8-12/h2-4,7-8,11,13-14H,5-6,9-10H2,1H3,(H,19,20)(H2,17,18,21). The van der Waals surface area contributed by atoms with E-state index in [9.17, 15) is 14.7 Å². The molecular formula is C16H22N2O3. The predicted molar refractivity (Wildman–Crippen MR) is 79.9 cm³/mol. The van der Waals surface area contributed by atoms with Crippen molar-refractivity contribution >= 4 is 12.0 Å². The van der Waals surface area contributed by atoms with Gasteiger partial charge < -0.3 is 15.7 Å². The molecule has 0 aromatic heterocycles. The van der Waals surface area contributed by atoms with Crippen LogP contribution in [-0.2, 0) is 4.79 Å². The first-order chi connectivity index (χ1) is 10.1. The zero-order valence-corrected chi connectivity index (χ0v) is 12.2. The Labute approximate surface area is 124 Å². The highest BCUT2D eigenvalue weighted by atomic mass is 16.4. The third kappa shape index (κ3) is 4.21. The molecule has 2 rings (SSSR count). The maximum absolute atomic E-state index is 11.9. The number of rotatable bonds is 5. The van der Waals surface area contributed by atoms with Crippen molar-refractivity contribution in [1.29, 1.82) is 0 Å². The summed E-state index contributed by atoms with van der Waals surface area (Å²) in [5, 5.41) is 14.6. The van der Waals surface area contributed by atoms with Gasteiger partial charge >= 0.3 is 12.0 Å². The van der Waals surface area contributed by atoms with Gasteiger partial charge in [0.1, 0.15) is 0 Å². The number of hydrogen-bond acceptors (Lipinski definition) is 2. The Kier molecular flexibility index (Phi) is 5.20. The van der Waals surface area contributed by atoms with E-state index in [1.54, 1.807) is 24.3 Å². The molecule has 0 heterocycles. The summed E-state index contributed by atoms with van der Waals surface area (Å²) in [4.78, 5) is 23.2. The first-order valence-electron chi connectivity index (χ1n) is 7.40. The molecule has 21 heavy (non-hydrogen) atoms. The first kappa shape index (κ1) is 15.4. The largest absolute Gasteiger partial charge is 0.479 e. The zero-order chi connectivity index (χ0) is 15.2. The number of carboxylic acid groups (broad SMARTS) is 1. The fourth-order valence-corrected chi connectivity index (χ4v) is 2.86. The average Bonchev–Trinajstić information content (AvgIpc) is 2.88. The average molecular weight is 290 g/mol. The van der Waals surface area contributed by atoms with E-state index in [1.165, 1.54) is 12.8 Å². The molecule has 114 valence electrons. The van der Waals surface area contributed by atoms with Gasteiger partial charge in [0.15, 0.2) is 6.04 Å². The lowest BCUT2D eigenvalue weighted by molar-refractivity contribution is -0.139. The minimum absolute atomic E-state index is 0.426. The molecule has 1 aromatic carbocycles. The zero-order valence-electron chi connectivity index (χ0n) is 12.2. The number of aliphatic carboxylic acids is 1. The second kappa shape index (κ2) is 7.11. The molecule has 1 aliphatic carbocycles. The Morgan fingerprint density at radius 3 is 2.57 bits per heavy atom. The molecule has 3 N–H and O–H groups in total. The Hall–Kier alpha value is -2.04. The van der Waals surface area contributed by atoms with Crippen LogP contribution in [0.15, 0.2) is 30.3 Å². The molecule has 0 spiro atoms. The maximum atomic E-state index is 11.9. The van der Waals surface area contributed by atoms with Gasteiger partial charge in [-0.25, -0.2) is 9.59 Å². The molecule has 3 atom stereocenters. The summed E-state index contributed by atoms with van der Waals surface area (Å²) in [6.07, 6.45) is 3.54. The fraction of sp³-hybridized carbons (Fsp3) is 0.500. The molecule has 1 saturated carbocycles. The Morgan fingerprint density at radius 2 is 2.00 bits per heavy atom. The molecule has 5 nitrogen and oxygen atoms in total. The number of urea groups is 1. The van der Waals surface area contributed by atoms with Crippen LogP contribution in [-0.4, -0.2) is 23.7 Å². The number of carbonyl (C=O) groups is 2. The van der Waals surface area contributed by atoms with Crippen LogP contribution in [0.2, 0.25) is 0 Å². The highest BCUT2D eigenvalue weighted by Gasteiger charge is 2.25. The van der Waals surface area contributed by atoms with Gasteiger partial charge in [-0.1, -0.05) is 50.1 Å². The number of carboxylic acids is 1. The summed E-state index contributed by atoms with van der Waals surface area (Å²) >= 11 is 0. The normalized spacial score (nSPS) is 22.5. The van der Waals surface area contributed by atoms with Crippen molar-refractivity contribution in [3.63, 3.8) is 0 Å². The molecule has 2 amide bonds. The smallest absolute Gasteiger partial charge is 0.330 e. The van der Waals surface area contributed by atoms with E-state index in [1.807, 2.05) is 6.07 Å². The second-order valence-corrected chi connectivity index (χ2v) is 5.70. The van der Waals surface area contributed by atoms with Crippen molar-refractivity contribution in [1.82, 2.24) is 10.6 Å². The monoisotopic (exact) mass is 290 g/mol. The highest BCUT2D eigenvalue weighted by molar-refractivity contribution is 5.83. The summed E-state index contributed by atoms with van der Waals surface area (Å²) in [5.41, 5.74) is 0.564. The molecule has 5 heteroatoms. The van der Waals surface area contributed by atoms with E-state index >= 15 is 0 Å². The Balaban J connectivity index is 1.88. The van der Waals surface area contributed by atoms with Gasteiger partial charge in [0.25, 0.3) is 0 Å². The summed E-state index contributed by atoms with van der Waals surface area (Å²) < 4.78 is 0. The van der Waals surface area contributed by atoms with Gasteiger partial charge in [0.05, 0.1) is 0 Å². The summed E-state index contributed by atoms with van der Waals surface area (Å²) in [7, 11) is 0. The van der Waals surface area contributed by atoms with E-state index in [0.717, 1.165) is 6.42 Å². The van der Waals surface area contributed by atoms with Crippen LogP contribution in [0.3, 0.4) is 0 Å². The van der Waals surface area contributed by atoms with Gasteiger partial charge in [0, 0.05) is 6.54 Å². The van der Waals surface area contributed by atoms with Crippen molar-refractivity contribution in [3.8, 4) is 0 Å². The van der Waals surface area contributed by atoms with E-state index in [0.29, 0.717) is 23.9 Å². The maximum Gasteiger partial charge on any atom is 0.330 e. The van der Waals surface area contributed by atoms with Crippen LogP contribution in [0.5, 0.6) is 0 Å². The summed E-state index contributed by atoms with van der Waals surface area (Å²) in [6, 6.07) is 7.26. The van der Waals surface area contributed by atoms with E-state index < -0.39 is 18.0 Å². The molecule has 1 aromatic rings. The SMILES string of the molecule is CC1CCCC1CNC(=O)NC(C(=O)O)c1ccccc1. The molecule has 1 fully saturated rings. The number of hydrogen-bond donors (Lipinski definition) is 3. The number of benzene rings is 1. The number of nitrogens with one attached hydrogen (secondary N) is 2. The second-order valence-electron chi connectivity index (χ2n) is 5.70. The van der Waals surface area contributed by atoms with Crippen LogP contribution in [0.1, 0.15) is 37.8 Å². The fourth-order valence-electron chi connectivity index (χ4n) is 2.86. The number of amides is 2. The molecule has 0 saturated heterocycles. The molecular weight excluding hydrogens is 268 g/mol. The van der Waals surface area contributed by atoms with Crippen LogP contribution in [0, 0.1) is 11.8 Å². The Morgan fingerprint density at radius 1 is 1.29 bits per heavy atom. The molecule has 0 bridgehead atoms. The third-order valence-electron chi connectivity index (χ3n) is 4.22. The molecule has 0 radical (unpaired) electrons. The predicted octanol–water partition coefficient (Wildman–Crippen LogP) is 2.55. The lowest BCUT2D eigenvalue weighted by Crippen LogP contribution is -2.42. The van der Waals surface area contributed by atoms with Crippen LogP contribution in [0.25, 0.3) is 0 Å². The summed E-state index contributed by atoms with van der Waals surface area (Å²) in [5.74, 6) is 0.0519. The van der Waals surface area contributed by atoms with Crippen LogP contribution < -0.4 is 10.6 Å². The summed E-state index contributed by atoms with van der Waals surface area (Å²) in [6.45, 7) is 2.80. The van der Waals surface area contributed by atoms with E-state index in [2.05, 4.69) is 17.6 Å².